The lowest BCUT2D eigenvalue weighted by molar-refractivity contribution is 0.166. The van der Waals surface area contributed by atoms with Crippen molar-refractivity contribution in [3.05, 3.63) is 24.2 Å². The van der Waals surface area contributed by atoms with Gasteiger partial charge in [-0.2, -0.15) is 0 Å². The maximum absolute atomic E-state index is 8.83. The molecule has 0 unspecified atom stereocenters. The SMILES string of the molecule is OCCCN(CCO)Cc1ccco1. The van der Waals surface area contributed by atoms with E-state index in [2.05, 4.69) is 4.90 Å². The van der Waals surface area contributed by atoms with Gasteiger partial charge >= 0.3 is 0 Å². The molecule has 0 saturated carbocycles. The molecule has 0 atom stereocenters. The molecule has 1 aromatic heterocycles. The number of furan rings is 1. The Balaban J connectivity index is 2.34. The molecule has 4 heteroatoms. The molecule has 0 amide bonds. The van der Waals surface area contributed by atoms with Gasteiger partial charge in [-0.1, -0.05) is 0 Å². The van der Waals surface area contributed by atoms with Crippen LogP contribution in [0.4, 0.5) is 0 Å². The topological polar surface area (TPSA) is 56.8 Å². The number of aliphatic hydroxyl groups excluding tert-OH is 2. The van der Waals surface area contributed by atoms with Crippen molar-refractivity contribution in [2.45, 2.75) is 13.0 Å². The van der Waals surface area contributed by atoms with Crippen LogP contribution in [0, 0.1) is 0 Å². The first-order valence-corrected chi connectivity index (χ1v) is 4.83. The predicted octanol–water partition coefficient (Wildman–Crippen LogP) is 0.456. The van der Waals surface area contributed by atoms with Gasteiger partial charge in [0.05, 0.1) is 19.4 Å². The highest BCUT2D eigenvalue weighted by Gasteiger charge is 2.06. The van der Waals surface area contributed by atoms with E-state index in [1.54, 1.807) is 6.26 Å². The van der Waals surface area contributed by atoms with Gasteiger partial charge in [0.25, 0.3) is 0 Å². The summed E-state index contributed by atoms with van der Waals surface area (Å²) in [6, 6.07) is 3.75. The van der Waals surface area contributed by atoms with Crippen LogP contribution >= 0.6 is 0 Å². The van der Waals surface area contributed by atoms with Gasteiger partial charge in [0.15, 0.2) is 0 Å². The van der Waals surface area contributed by atoms with Gasteiger partial charge in [-0.25, -0.2) is 0 Å². The van der Waals surface area contributed by atoms with E-state index in [1.165, 1.54) is 0 Å². The highest BCUT2D eigenvalue weighted by molar-refractivity contribution is 4.97. The molecule has 14 heavy (non-hydrogen) atoms. The zero-order chi connectivity index (χ0) is 10.2. The Morgan fingerprint density at radius 2 is 2.07 bits per heavy atom. The fraction of sp³-hybridized carbons (Fsp3) is 0.600. The molecule has 1 heterocycles. The number of hydrogen-bond donors (Lipinski definition) is 2. The molecule has 0 aliphatic carbocycles. The van der Waals surface area contributed by atoms with E-state index in [0.29, 0.717) is 13.1 Å². The van der Waals surface area contributed by atoms with E-state index >= 15 is 0 Å². The van der Waals surface area contributed by atoms with Crippen molar-refractivity contribution >= 4 is 0 Å². The second-order valence-electron chi connectivity index (χ2n) is 3.16. The average molecular weight is 199 g/mol. The second-order valence-corrected chi connectivity index (χ2v) is 3.16. The third kappa shape index (κ3) is 3.91. The summed E-state index contributed by atoms with van der Waals surface area (Å²) < 4.78 is 5.20. The number of nitrogens with zero attached hydrogens (tertiary/aromatic N) is 1. The van der Waals surface area contributed by atoms with E-state index in [-0.39, 0.29) is 13.2 Å². The Morgan fingerprint density at radius 3 is 2.64 bits per heavy atom. The van der Waals surface area contributed by atoms with Crippen LogP contribution in [0.5, 0.6) is 0 Å². The molecule has 1 aromatic rings. The minimum Gasteiger partial charge on any atom is -0.468 e. The van der Waals surface area contributed by atoms with E-state index in [1.807, 2.05) is 12.1 Å². The third-order valence-electron chi connectivity index (χ3n) is 2.01. The summed E-state index contributed by atoms with van der Waals surface area (Å²) >= 11 is 0. The minimum absolute atomic E-state index is 0.131. The molecule has 1 rings (SSSR count). The van der Waals surface area contributed by atoms with Gasteiger partial charge in [-0.05, 0) is 18.6 Å². The molecule has 0 radical (unpaired) electrons. The lowest BCUT2D eigenvalue weighted by atomic mass is 10.3. The average Bonchev–Trinajstić information content (AvgIpc) is 2.67. The monoisotopic (exact) mass is 199 g/mol. The van der Waals surface area contributed by atoms with E-state index in [9.17, 15) is 0 Å². The fourth-order valence-corrected chi connectivity index (χ4v) is 1.33. The first-order valence-electron chi connectivity index (χ1n) is 4.83. The van der Waals surface area contributed by atoms with Gasteiger partial charge in [-0.15, -0.1) is 0 Å². The van der Waals surface area contributed by atoms with Crippen molar-refractivity contribution in [1.29, 1.82) is 0 Å². The van der Waals surface area contributed by atoms with Crippen LogP contribution in [0.15, 0.2) is 22.8 Å². The normalized spacial score (nSPS) is 11.1. The molecule has 0 aliphatic heterocycles. The van der Waals surface area contributed by atoms with Gasteiger partial charge in [0, 0.05) is 19.7 Å². The van der Waals surface area contributed by atoms with Crippen LogP contribution in [0.1, 0.15) is 12.2 Å². The molecule has 0 aromatic carbocycles. The molecule has 4 nitrogen and oxygen atoms in total. The largest absolute Gasteiger partial charge is 0.468 e. The van der Waals surface area contributed by atoms with Gasteiger partial charge in [0.1, 0.15) is 5.76 Å². The van der Waals surface area contributed by atoms with Crippen molar-refractivity contribution in [1.82, 2.24) is 4.90 Å². The maximum atomic E-state index is 8.83. The van der Waals surface area contributed by atoms with Crippen LogP contribution in [-0.4, -0.2) is 41.4 Å². The summed E-state index contributed by atoms with van der Waals surface area (Å²) in [7, 11) is 0. The zero-order valence-corrected chi connectivity index (χ0v) is 8.22. The van der Waals surface area contributed by atoms with E-state index in [4.69, 9.17) is 14.6 Å². The Kier molecular flexibility index (Phi) is 5.29. The summed E-state index contributed by atoms with van der Waals surface area (Å²) in [6.07, 6.45) is 2.36. The van der Waals surface area contributed by atoms with Crippen molar-refractivity contribution in [2.75, 3.05) is 26.3 Å². The lowest BCUT2D eigenvalue weighted by Gasteiger charge is -2.19. The lowest BCUT2D eigenvalue weighted by Crippen LogP contribution is -2.27. The molecule has 80 valence electrons. The highest BCUT2D eigenvalue weighted by atomic mass is 16.3. The van der Waals surface area contributed by atoms with Gasteiger partial charge in [-0.3, -0.25) is 4.90 Å². The summed E-state index contributed by atoms with van der Waals surface area (Å²) in [4.78, 5) is 2.05. The first kappa shape index (κ1) is 11.2. The molecule has 0 bridgehead atoms. The zero-order valence-electron chi connectivity index (χ0n) is 8.22. The summed E-state index contributed by atoms with van der Waals surface area (Å²) in [6.45, 7) is 2.39. The smallest absolute Gasteiger partial charge is 0.117 e. The Hall–Kier alpha value is -0.840. The number of aliphatic hydroxyl groups is 2. The Morgan fingerprint density at radius 1 is 1.21 bits per heavy atom. The molecule has 0 aliphatic rings. The standard InChI is InChI=1S/C10H17NO3/c12-6-2-4-11(5-7-13)9-10-3-1-8-14-10/h1,3,8,12-13H,2,4-7,9H2. The third-order valence-corrected chi connectivity index (χ3v) is 2.01. The predicted molar refractivity (Wildman–Crippen MR) is 52.8 cm³/mol. The first-order chi connectivity index (χ1) is 6.86. The summed E-state index contributed by atoms with van der Waals surface area (Å²) in [5.74, 6) is 0.886. The van der Waals surface area contributed by atoms with Crippen LogP contribution in [0.2, 0.25) is 0 Å². The van der Waals surface area contributed by atoms with Crippen LogP contribution < -0.4 is 0 Å². The molecular formula is C10H17NO3. The molecule has 0 spiro atoms. The fourth-order valence-electron chi connectivity index (χ4n) is 1.33. The number of hydrogen-bond acceptors (Lipinski definition) is 4. The molecule has 0 saturated heterocycles. The molecule has 0 fully saturated rings. The second kappa shape index (κ2) is 6.59. The van der Waals surface area contributed by atoms with Crippen molar-refractivity contribution in [2.24, 2.45) is 0 Å². The van der Waals surface area contributed by atoms with E-state index in [0.717, 1.165) is 18.7 Å². The summed E-state index contributed by atoms with van der Waals surface area (Å²) in [5, 5.41) is 17.5. The van der Waals surface area contributed by atoms with E-state index < -0.39 is 0 Å². The quantitative estimate of drug-likeness (QED) is 0.669. The van der Waals surface area contributed by atoms with Gasteiger partial charge < -0.3 is 14.6 Å². The maximum Gasteiger partial charge on any atom is 0.117 e. The summed E-state index contributed by atoms with van der Waals surface area (Å²) in [5.41, 5.74) is 0. The highest BCUT2D eigenvalue weighted by Crippen LogP contribution is 2.05. The minimum atomic E-state index is 0.131. The Bertz CT molecular complexity index is 223. The molecular weight excluding hydrogens is 182 g/mol. The van der Waals surface area contributed by atoms with Crippen molar-refractivity contribution < 1.29 is 14.6 Å². The molecule has 2 N–H and O–H groups in total. The van der Waals surface area contributed by atoms with Gasteiger partial charge in [0.2, 0.25) is 0 Å². The van der Waals surface area contributed by atoms with Crippen molar-refractivity contribution in [3.8, 4) is 0 Å². The van der Waals surface area contributed by atoms with Crippen LogP contribution in [0.25, 0.3) is 0 Å². The van der Waals surface area contributed by atoms with Crippen molar-refractivity contribution in [3.63, 3.8) is 0 Å². The van der Waals surface area contributed by atoms with Crippen LogP contribution in [-0.2, 0) is 6.54 Å². The number of rotatable bonds is 7. The van der Waals surface area contributed by atoms with Crippen LogP contribution in [0.3, 0.4) is 0 Å². The Labute approximate surface area is 83.8 Å².